The van der Waals surface area contributed by atoms with Crippen molar-refractivity contribution in [3.8, 4) is 0 Å². The van der Waals surface area contributed by atoms with E-state index in [2.05, 4.69) is 44.9 Å². The Hall–Kier alpha value is 0.700. The van der Waals surface area contributed by atoms with Gasteiger partial charge in [-0.1, -0.05) is 70.5 Å². The van der Waals surface area contributed by atoms with Gasteiger partial charge in [-0.2, -0.15) is 0 Å². The SMILES string of the molecule is CCCCCCC/C=C(\Br)CBr. The topological polar surface area (TPSA) is 0 Å². The van der Waals surface area contributed by atoms with Gasteiger partial charge >= 0.3 is 0 Å². The van der Waals surface area contributed by atoms with Crippen molar-refractivity contribution in [1.29, 1.82) is 0 Å². The number of alkyl halides is 1. The molecule has 72 valence electrons. The fourth-order valence-electron chi connectivity index (χ4n) is 1.06. The molecule has 0 spiro atoms. The molecule has 0 aliphatic carbocycles. The lowest BCUT2D eigenvalue weighted by Crippen LogP contribution is -1.77. The summed E-state index contributed by atoms with van der Waals surface area (Å²) in [4.78, 5) is 0. The predicted molar refractivity (Wildman–Crippen MR) is 64.2 cm³/mol. The van der Waals surface area contributed by atoms with Gasteiger partial charge < -0.3 is 0 Å². The smallest absolute Gasteiger partial charge is 0.0346 e. The Morgan fingerprint density at radius 1 is 1.17 bits per heavy atom. The molecule has 0 aliphatic rings. The molecule has 12 heavy (non-hydrogen) atoms. The molecule has 0 atom stereocenters. The summed E-state index contributed by atoms with van der Waals surface area (Å²) in [5.74, 6) is 0. The van der Waals surface area contributed by atoms with Gasteiger partial charge in [0.05, 0.1) is 0 Å². The summed E-state index contributed by atoms with van der Waals surface area (Å²) in [6, 6.07) is 0. The molecule has 0 saturated heterocycles. The normalized spacial score (nSPS) is 12.1. The average Bonchev–Trinajstić information content (AvgIpc) is 2.10. The molecule has 0 bridgehead atoms. The van der Waals surface area contributed by atoms with E-state index in [4.69, 9.17) is 0 Å². The van der Waals surface area contributed by atoms with E-state index < -0.39 is 0 Å². The van der Waals surface area contributed by atoms with Crippen molar-refractivity contribution in [2.75, 3.05) is 5.33 Å². The minimum atomic E-state index is 0.946. The Morgan fingerprint density at radius 3 is 2.42 bits per heavy atom. The molecule has 0 aromatic rings. The fraction of sp³-hybridized carbons (Fsp3) is 0.800. The van der Waals surface area contributed by atoms with E-state index >= 15 is 0 Å². The number of allylic oxidation sites excluding steroid dienone is 2. The van der Waals surface area contributed by atoms with E-state index in [1.54, 1.807) is 0 Å². The van der Waals surface area contributed by atoms with Crippen LogP contribution in [0.2, 0.25) is 0 Å². The van der Waals surface area contributed by atoms with Crippen molar-refractivity contribution >= 4 is 31.9 Å². The Balaban J connectivity index is 3.10. The molecule has 0 unspecified atom stereocenters. The van der Waals surface area contributed by atoms with Crippen molar-refractivity contribution < 1.29 is 0 Å². The monoisotopic (exact) mass is 296 g/mol. The summed E-state index contributed by atoms with van der Waals surface area (Å²) in [5.41, 5.74) is 0. The number of hydrogen-bond acceptors (Lipinski definition) is 0. The largest absolute Gasteiger partial charge is 0.0871 e. The number of halogens is 2. The van der Waals surface area contributed by atoms with Gasteiger partial charge in [-0.15, -0.1) is 0 Å². The van der Waals surface area contributed by atoms with Gasteiger partial charge in [0.2, 0.25) is 0 Å². The predicted octanol–water partition coefficient (Wildman–Crippen LogP) is 5.02. The zero-order chi connectivity index (χ0) is 9.23. The third kappa shape index (κ3) is 8.79. The van der Waals surface area contributed by atoms with Crippen molar-refractivity contribution in [1.82, 2.24) is 0 Å². The Labute approximate surface area is 93.1 Å². The van der Waals surface area contributed by atoms with Crippen LogP contribution >= 0.6 is 31.9 Å². The van der Waals surface area contributed by atoms with Crippen molar-refractivity contribution in [3.05, 3.63) is 10.6 Å². The van der Waals surface area contributed by atoms with E-state index in [1.807, 2.05) is 0 Å². The van der Waals surface area contributed by atoms with Crippen molar-refractivity contribution in [2.45, 2.75) is 45.4 Å². The molecular weight excluding hydrogens is 280 g/mol. The first-order valence-corrected chi connectivity index (χ1v) is 6.63. The lowest BCUT2D eigenvalue weighted by atomic mass is 10.1. The van der Waals surface area contributed by atoms with Gasteiger partial charge in [0.25, 0.3) is 0 Å². The van der Waals surface area contributed by atoms with Crippen LogP contribution < -0.4 is 0 Å². The van der Waals surface area contributed by atoms with Crippen molar-refractivity contribution in [2.24, 2.45) is 0 Å². The quantitative estimate of drug-likeness (QED) is 0.457. The van der Waals surface area contributed by atoms with Crippen LogP contribution in [0.1, 0.15) is 45.4 Å². The van der Waals surface area contributed by atoms with E-state index in [1.165, 1.54) is 43.0 Å². The highest BCUT2D eigenvalue weighted by Crippen LogP contribution is 2.12. The summed E-state index contributed by atoms with van der Waals surface area (Å²) < 4.78 is 1.28. The van der Waals surface area contributed by atoms with Crippen LogP contribution in [0.5, 0.6) is 0 Å². The summed E-state index contributed by atoms with van der Waals surface area (Å²) >= 11 is 6.87. The second-order valence-corrected chi connectivity index (χ2v) is 4.57. The minimum Gasteiger partial charge on any atom is -0.0871 e. The van der Waals surface area contributed by atoms with Gasteiger partial charge in [0.15, 0.2) is 0 Å². The summed E-state index contributed by atoms with van der Waals surface area (Å²) in [6.45, 7) is 2.25. The second kappa shape index (κ2) is 9.79. The van der Waals surface area contributed by atoms with Gasteiger partial charge in [-0.05, 0) is 12.8 Å². The van der Waals surface area contributed by atoms with E-state index in [-0.39, 0.29) is 0 Å². The molecule has 0 N–H and O–H groups in total. The summed E-state index contributed by atoms with van der Waals surface area (Å²) in [7, 11) is 0. The Bertz CT molecular complexity index is 119. The fourth-order valence-corrected chi connectivity index (χ4v) is 1.52. The molecule has 2 heteroatoms. The van der Waals surface area contributed by atoms with Crippen LogP contribution in [0.25, 0.3) is 0 Å². The zero-order valence-corrected chi connectivity index (χ0v) is 11.0. The number of rotatable bonds is 7. The third-order valence-corrected chi connectivity index (χ3v) is 3.76. The van der Waals surface area contributed by atoms with Crippen LogP contribution in [-0.4, -0.2) is 5.33 Å². The highest BCUT2D eigenvalue weighted by molar-refractivity contribution is 9.13. The highest BCUT2D eigenvalue weighted by atomic mass is 79.9. The Kier molecular flexibility index (Phi) is 10.4. The maximum absolute atomic E-state index is 3.47. The molecular formula is C10H18Br2. The zero-order valence-electron chi connectivity index (χ0n) is 7.78. The lowest BCUT2D eigenvalue weighted by Gasteiger charge is -1.96. The number of unbranched alkanes of at least 4 members (excludes halogenated alkanes) is 5. The molecule has 0 aliphatic heterocycles. The number of hydrogen-bond donors (Lipinski definition) is 0. The molecule has 0 rings (SSSR count). The molecule has 0 aromatic carbocycles. The molecule has 0 amide bonds. The van der Waals surface area contributed by atoms with Gasteiger partial charge in [0.1, 0.15) is 0 Å². The van der Waals surface area contributed by atoms with Crippen LogP contribution in [0.3, 0.4) is 0 Å². The molecule has 0 heterocycles. The van der Waals surface area contributed by atoms with Crippen molar-refractivity contribution in [3.63, 3.8) is 0 Å². The molecule has 0 aromatic heterocycles. The van der Waals surface area contributed by atoms with Crippen LogP contribution in [0, 0.1) is 0 Å². The maximum Gasteiger partial charge on any atom is 0.0346 e. The van der Waals surface area contributed by atoms with Crippen LogP contribution in [0.4, 0.5) is 0 Å². The molecule has 0 nitrogen and oxygen atoms in total. The first-order valence-electron chi connectivity index (χ1n) is 4.71. The summed E-state index contributed by atoms with van der Waals surface area (Å²) in [6.07, 6.45) is 10.3. The minimum absolute atomic E-state index is 0.946. The highest BCUT2D eigenvalue weighted by Gasteiger charge is 1.89. The first kappa shape index (κ1) is 12.7. The third-order valence-electron chi connectivity index (χ3n) is 1.80. The maximum atomic E-state index is 3.47. The van der Waals surface area contributed by atoms with Gasteiger partial charge in [-0.25, -0.2) is 0 Å². The molecule has 0 radical (unpaired) electrons. The lowest BCUT2D eigenvalue weighted by molar-refractivity contribution is 0.637. The average molecular weight is 298 g/mol. The van der Waals surface area contributed by atoms with E-state index in [0.717, 1.165) is 5.33 Å². The summed E-state index contributed by atoms with van der Waals surface area (Å²) in [5, 5.41) is 0.946. The van der Waals surface area contributed by atoms with E-state index in [9.17, 15) is 0 Å². The first-order chi connectivity index (χ1) is 5.81. The second-order valence-electron chi connectivity index (χ2n) is 2.99. The Morgan fingerprint density at radius 2 is 1.83 bits per heavy atom. The van der Waals surface area contributed by atoms with Gasteiger partial charge in [0, 0.05) is 9.81 Å². The van der Waals surface area contributed by atoms with Crippen LogP contribution in [0.15, 0.2) is 10.6 Å². The van der Waals surface area contributed by atoms with E-state index in [0.29, 0.717) is 0 Å². The van der Waals surface area contributed by atoms with Gasteiger partial charge in [-0.3, -0.25) is 0 Å². The van der Waals surface area contributed by atoms with Crippen LogP contribution in [-0.2, 0) is 0 Å². The molecule has 0 saturated carbocycles. The molecule has 0 fully saturated rings. The standard InChI is InChI=1S/C10H18Br2/c1-2-3-4-5-6-7-8-10(12)9-11/h8H,2-7,9H2,1H3/b10-8-.